The summed E-state index contributed by atoms with van der Waals surface area (Å²) >= 11 is 1.63. The molecule has 3 rings (SSSR count). The molecule has 0 atom stereocenters. The van der Waals surface area contributed by atoms with Gasteiger partial charge in [-0.05, 0) is 49.1 Å². The lowest BCUT2D eigenvalue weighted by Gasteiger charge is -2.10. The van der Waals surface area contributed by atoms with Crippen LogP contribution in [0.3, 0.4) is 0 Å². The molecule has 0 saturated carbocycles. The topological polar surface area (TPSA) is 70.8 Å². The molecule has 1 N–H and O–H groups in total. The molecule has 0 aliphatic carbocycles. The number of aromatic nitrogens is 2. The van der Waals surface area contributed by atoms with E-state index in [1.165, 1.54) is 5.56 Å². The minimum absolute atomic E-state index is 0.514. The maximum absolute atomic E-state index is 8.77. The number of benzene rings is 1. The quantitative estimate of drug-likeness (QED) is 0.725. The lowest BCUT2D eigenvalue weighted by molar-refractivity contribution is 0.333. The van der Waals surface area contributed by atoms with E-state index in [-0.39, 0.29) is 0 Å². The number of thiophene rings is 1. The van der Waals surface area contributed by atoms with Crippen LogP contribution in [0.5, 0.6) is 5.75 Å². The third-order valence-electron chi connectivity index (χ3n) is 3.38. The molecule has 0 unspecified atom stereocenters. The van der Waals surface area contributed by atoms with Crippen molar-refractivity contribution in [2.75, 3.05) is 18.5 Å². The second-order valence-electron chi connectivity index (χ2n) is 5.13. The molecular formula is C17H16N4OS. The van der Waals surface area contributed by atoms with E-state index in [4.69, 9.17) is 10.00 Å². The average Bonchev–Trinajstić information content (AvgIpc) is 2.93. The first-order valence-corrected chi connectivity index (χ1v) is 8.14. The zero-order valence-electron chi connectivity index (χ0n) is 13.0. The van der Waals surface area contributed by atoms with Gasteiger partial charge in [0, 0.05) is 0 Å². The van der Waals surface area contributed by atoms with Gasteiger partial charge >= 0.3 is 0 Å². The molecule has 6 heteroatoms. The molecule has 0 bridgehead atoms. The van der Waals surface area contributed by atoms with Crippen molar-refractivity contribution in [1.29, 1.82) is 5.26 Å². The van der Waals surface area contributed by atoms with Crippen molar-refractivity contribution in [3.63, 3.8) is 0 Å². The van der Waals surface area contributed by atoms with Gasteiger partial charge in [-0.25, -0.2) is 9.97 Å². The first-order valence-electron chi connectivity index (χ1n) is 7.26. The van der Waals surface area contributed by atoms with Gasteiger partial charge in [-0.2, -0.15) is 5.26 Å². The molecule has 0 amide bonds. The highest BCUT2D eigenvalue weighted by molar-refractivity contribution is 7.17. The van der Waals surface area contributed by atoms with Crippen LogP contribution in [0, 0.1) is 25.2 Å². The lowest BCUT2D eigenvalue weighted by atomic mass is 10.2. The van der Waals surface area contributed by atoms with E-state index in [9.17, 15) is 0 Å². The second-order valence-corrected chi connectivity index (χ2v) is 5.99. The zero-order valence-corrected chi connectivity index (χ0v) is 13.8. The van der Waals surface area contributed by atoms with Gasteiger partial charge in [0.05, 0.1) is 23.6 Å². The Labute approximate surface area is 138 Å². The number of nitriles is 1. The molecule has 0 aliphatic rings. The van der Waals surface area contributed by atoms with Crippen molar-refractivity contribution in [2.45, 2.75) is 13.8 Å². The first kappa shape index (κ1) is 15.3. The van der Waals surface area contributed by atoms with Gasteiger partial charge < -0.3 is 10.1 Å². The van der Waals surface area contributed by atoms with E-state index in [0.717, 1.165) is 27.6 Å². The number of anilines is 1. The van der Waals surface area contributed by atoms with Crippen LogP contribution in [0.25, 0.3) is 10.2 Å². The van der Waals surface area contributed by atoms with Crippen molar-refractivity contribution < 1.29 is 4.74 Å². The molecule has 5 nitrogen and oxygen atoms in total. The average molecular weight is 324 g/mol. The summed E-state index contributed by atoms with van der Waals surface area (Å²) in [5.74, 6) is 2.37. The summed E-state index contributed by atoms with van der Waals surface area (Å²) in [5.41, 5.74) is 1.81. The van der Waals surface area contributed by atoms with Gasteiger partial charge in [0.15, 0.2) is 0 Å². The highest BCUT2D eigenvalue weighted by atomic mass is 32.1. The third-order valence-corrected chi connectivity index (χ3v) is 4.37. The van der Waals surface area contributed by atoms with Gasteiger partial charge in [-0.3, -0.25) is 0 Å². The van der Waals surface area contributed by atoms with Crippen molar-refractivity contribution in [2.24, 2.45) is 0 Å². The van der Waals surface area contributed by atoms with Crippen LogP contribution in [0.1, 0.15) is 17.0 Å². The molecule has 1 aromatic carbocycles. The SMILES string of the molecule is Cc1nc(NCCOc2ccc(C#N)cc2)c2c(C)csc2n1. The van der Waals surface area contributed by atoms with Crippen LogP contribution < -0.4 is 10.1 Å². The summed E-state index contributed by atoms with van der Waals surface area (Å²) in [6, 6.07) is 9.18. The van der Waals surface area contributed by atoms with Crippen LogP contribution in [-0.4, -0.2) is 23.1 Å². The summed E-state index contributed by atoms with van der Waals surface area (Å²) in [5, 5.41) is 15.3. The lowest BCUT2D eigenvalue weighted by Crippen LogP contribution is -2.13. The zero-order chi connectivity index (χ0) is 16.2. The highest BCUT2D eigenvalue weighted by Gasteiger charge is 2.09. The molecule has 0 spiro atoms. The predicted molar refractivity (Wildman–Crippen MR) is 92.0 cm³/mol. The monoisotopic (exact) mass is 324 g/mol. The van der Waals surface area contributed by atoms with Crippen LogP contribution >= 0.6 is 11.3 Å². The molecule has 2 heterocycles. The molecule has 0 aliphatic heterocycles. The van der Waals surface area contributed by atoms with Gasteiger partial charge in [-0.1, -0.05) is 0 Å². The summed E-state index contributed by atoms with van der Waals surface area (Å²) in [6.07, 6.45) is 0. The minimum Gasteiger partial charge on any atom is -0.492 e. The smallest absolute Gasteiger partial charge is 0.138 e. The maximum Gasteiger partial charge on any atom is 0.138 e. The van der Waals surface area contributed by atoms with E-state index in [1.807, 2.05) is 6.92 Å². The Morgan fingerprint density at radius 3 is 2.74 bits per heavy atom. The number of hydrogen-bond acceptors (Lipinski definition) is 6. The summed E-state index contributed by atoms with van der Waals surface area (Å²) in [7, 11) is 0. The third kappa shape index (κ3) is 3.41. The van der Waals surface area contributed by atoms with Gasteiger partial charge in [0.25, 0.3) is 0 Å². The van der Waals surface area contributed by atoms with Crippen LogP contribution in [0.15, 0.2) is 29.6 Å². The first-order chi connectivity index (χ1) is 11.2. The minimum atomic E-state index is 0.514. The summed E-state index contributed by atoms with van der Waals surface area (Å²) in [4.78, 5) is 9.96. The Kier molecular flexibility index (Phi) is 4.40. The Balaban J connectivity index is 1.62. The number of fused-ring (bicyclic) bond motifs is 1. The van der Waals surface area contributed by atoms with E-state index in [0.29, 0.717) is 18.7 Å². The Bertz CT molecular complexity index is 865. The largest absolute Gasteiger partial charge is 0.492 e. The van der Waals surface area contributed by atoms with Gasteiger partial charge in [0.2, 0.25) is 0 Å². The van der Waals surface area contributed by atoms with Gasteiger partial charge in [-0.15, -0.1) is 11.3 Å². The van der Waals surface area contributed by atoms with Crippen LogP contribution in [0.4, 0.5) is 5.82 Å². The summed E-state index contributed by atoms with van der Waals surface area (Å²) < 4.78 is 5.67. The number of nitrogens with one attached hydrogen (secondary N) is 1. The Morgan fingerprint density at radius 1 is 1.22 bits per heavy atom. The van der Waals surface area contributed by atoms with Crippen molar-refractivity contribution in [1.82, 2.24) is 9.97 Å². The van der Waals surface area contributed by atoms with Crippen LogP contribution in [0.2, 0.25) is 0 Å². The Morgan fingerprint density at radius 2 is 2.00 bits per heavy atom. The normalized spacial score (nSPS) is 10.5. The number of nitrogens with zero attached hydrogens (tertiary/aromatic N) is 3. The maximum atomic E-state index is 8.77. The number of ether oxygens (including phenoxy) is 1. The van der Waals surface area contributed by atoms with E-state index in [2.05, 4.69) is 33.7 Å². The fraction of sp³-hybridized carbons (Fsp3) is 0.235. The fourth-order valence-electron chi connectivity index (χ4n) is 2.28. The standard InChI is InChI=1S/C17H16N4OS/c1-11-10-23-17-15(11)16(20-12(2)21-17)19-7-8-22-14-5-3-13(9-18)4-6-14/h3-6,10H,7-8H2,1-2H3,(H,19,20,21). The molecule has 0 radical (unpaired) electrons. The van der Waals surface area contributed by atoms with E-state index < -0.39 is 0 Å². The molecule has 0 saturated heterocycles. The molecular weight excluding hydrogens is 308 g/mol. The second kappa shape index (κ2) is 6.63. The van der Waals surface area contributed by atoms with E-state index in [1.54, 1.807) is 35.6 Å². The molecule has 23 heavy (non-hydrogen) atoms. The predicted octanol–water partition coefficient (Wildman–Crippen LogP) is 3.67. The number of rotatable bonds is 5. The Hall–Kier alpha value is -2.65. The molecule has 0 fully saturated rings. The van der Waals surface area contributed by atoms with Crippen LogP contribution in [-0.2, 0) is 0 Å². The van der Waals surface area contributed by atoms with Crippen molar-refractivity contribution in [3.05, 3.63) is 46.6 Å². The highest BCUT2D eigenvalue weighted by Crippen LogP contribution is 2.29. The van der Waals surface area contributed by atoms with E-state index >= 15 is 0 Å². The van der Waals surface area contributed by atoms with Crippen molar-refractivity contribution in [3.8, 4) is 11.8 Å². The number of aryl methyl sites for hydroxylation is 2. The summed E-state index contributed by atoms with van der Waals surface area (Å²) in [6.45, 7) is 5.11. The number of hydrogen-bond donors (Lipinski definition) is 1. The van der Waals surface area contributed by atoms with Crippen molar-refractivity contribution >= 4 is 27.4 Å². The molecule has 116 valence electrons. The molecule has 2 aromatic heterocycles. The molecule has 3 aromatic rings. The fourth-order valence-corrected chi connectivity index (χ4v) is 3.25. The van der Waals surface area contributed by atoms with Gasteiger partial charge in [0.1, 0.15) is 28.8 Å².